The molecule has 2 saturated heterocycles. The van der Waals surface area contributed by atoms with E-state index >= 15 is 0 Å². The van der Waals surface area contributed by atoms with Crippen molar-refractivity contribution in [1.29, 1.82) is 0 Å². The third kappa shape index (κ3) is 4.07. The van der Waals surface area contributed by atoms with Crippen LogP contribution >= 0.6 is 0 Å². The summed E-state index contributed by atoms with van der Waals surface area (Å²) in [6.07, 6.45) is 0.908. The van der Waals surface area contributed by atoms with Gasteiger partial charge in [-0.05, 0) is 36.3 Å². The Kier molecular flexibility index (Phi) is 6.95. The number of ether oxygens (including phenoxy) is 5. The number of esters is 4. The van der Waals surface area contributed by atoms with E-state index in [1.165, 1.54) is 27.2 Å². The summed E-state index contributed by atoms with van der Waals surface area (Å²) in [5.74, 6) is -2.60. The number of cyclic esters (lactones) is 1. The van der Waals surface area contributed by atoms with Crippen LogP contribution in [0.15, 0.2) is 35.2 Å². The second-order valence-corrected chi connectivity index (χ2v) is 13.1. The topological polar surface area (TPSA) is 128 Å². The van der Waals surface area contributed by atoms with E-state index in [4.69, 9.17) is 28.1 Å². The monoisotopic (exact) mass is 572 g/mol. The third-order valence-electron chi connectivity index (χ3n) is 10.7. The number of carbonyl (C=O) groups excluding carboxylic acids is 4. The molecule has 0 radical (unpaired) electrons. The first kappa shape index (κ1) is 29.4. The van der Waals surface area contributed by atoms with Gasteiger partial charge in [0.2, 0.25) is 0 Å². The van der Waals surface area contributed by atoms with Gasteiger partial charge in [0.05, 0.1) is 26.1 Å². The number of hydrogen-bond donors (Lipinski definition) is 0. The Balaban J connectivity index is 1.72. The Morgan fingerprint density at radius 3 is 2.37 bits per heavy atom. The molecule has 0 N–H and O–H groups in total. The van der Waals surface area contributed by atoms with Crippen LogP contribution < -0.4 is 0 Å². The minimum Gasteiger partial charge on any atom is -0.472 e. The summed E-state index contributed by atoms with van der Waals surface area (Å²) >= 11 is 0. The summed E-state index contributed by atoms with van der Waals surface area (Å²) < 4.78 is 35.5. The van der Waals surface area contributed by atoms with Crippen LogP contribution in [0.3, 0.4) is 0 Å². The number of fused-ring (bicyclic) bond motifs is 3. The van der Waals surface area contributed by atoms with Crippen LogP contribution in [0.25, 0.3) is 0 Å². The first-order valence-corrected chi connectivity index (χ1v) is 14.1. The molecule has 10 nitrogen and oxygen atoms in total. The highest BCUT2D eigenvalue weighted by molar-refractivity contribution is 5.75. The Labute approximate surface area is 240 Å². The fourth-order valence-corrected chi connectivity index (χ4v) is 8.86. The molecular formula is C31H40O10. The quantitative estimate of drug-likeness (QED) is 0.283. The highest BCUT2D eigenvalue weighted by Gasteiger charge is 2.76. The lowest BCUT2D eigenvalue weighted by atomic mass is 9.41. The van der Waals surface area contributed by atoms with Crippen molar-refractivity contribution in [2.45, 2.75) is 97.2 Å². The van der Waals surface area contributed by atoms with Crippen molar-refractivity contribution < 1.29 is 47.3 Å². The Morgan fingerprint density at radius 2 is 1.78 bits per heavy atom. The van der Waals surface area contributed by atoms with E-state index in [1.54, 1.807) is 12.3 Å². The minimum absolute atomic E-state index is 0.0259. The van der Waals surface area contributed by atoms with Gasteiger partial charge in [-0.25, -0.2) is 0 Å². The van der Waals surface area contributed by atoms with Gasteiger partial charge in [0, 0.05) is 42.1 Å². The van der Waals surface area contributed by atoms with Gasteiger partial charge in [0.1, 0.15) is 23.9 Å². The van der Waals surface area contributed by atoms with E-state index in [-0.39, 0.29) is 18.8 Å². The van der Waals surface area contributed by atoms with E-state index in [0.717, 1.165) is 5.57 Å². The van der Waals surface area contributed by atoms with Crippen LogP contribution in [0.2, 0.25) is 0 Å². The van der Waals surface area contributed by atoms with Gasteiger partial charge in [-0.2, -0.15) is 0 Å². The molecule has 1 aromatic heterocycles. The van der Waals surface area contributed by atoms with E-state index < -0.39 is 76.1 Å². The van der Waals surface area contributed by atoms with E-state index in [0.29, 0.717) is 18.4 Å². The molecule has 2 aliphatic carbocycles. The van der Waals surface area contributed by atoms with Crippen molar-refractivity contribution in [2.75, 3.05) is 7.11 Å². The maximum Gasteiger partial charge on any atom is 0.309 e. The lowest BCUT2D eigenvalue weighted by molar-refractivity contribution is -0.339. The third-order valence-corrected chi connectivity index (χ3v) is 10.7. The molecule has 0 amide bonds. The van der Waals surface area contributed by atoms with Crippen molar-refractivity contribution in [3.05, 3.63) is 36.3 Å². The normalized spacial score (nSPS) is 40.9. The molecule has 5 rings (SSSR count). The molecule has 1 spiro atoms. The highest BCUT2D eigenvalue weighted by atomic mass is 16.6. The molecule has 0 aromatic carbocycles. The molecule has 4 fully saturated rings. The zero-order valence-electron chi connectivity index (χ0n) is 24.8. The predicted octanol–water partition coefficient (Wildman–Crippen LogP) is 4.47. The zero-order valence-corrected chi connectivity index (χ0v) is 24.8. The Morgan fingerprint density at radius 1 is 1.10 bits per heavy atom. The average Bonchev–Trinajstić information content (AvgIpc) is 3.41. The molecule has 3 unspecified atom stereocenters. The van der Waals surface area contributed by atoms with Crippen LogP contribution in [0.4, 0.5) is 0 Å². The molecule has 41 heavy (non-hydrogen) atoms. The molecule has 2 saturated carbocycles. The molecule has 10 heteroatoms. The van der Waals surface area contributed by atoms with Gasteiger partial charge in [-0.3, -0.25) is 19.2 Å². The first-order chi connectivity index (χ1) is 19.1. The molecular weight excluding hydrogens is 532 g/mol. The van der Waals surface area contributed by atoms with Crippen molar-refractivity contribution >= 4 is 23.9 Å². The standard InChI is InChI=1S/C31H40O10/c1-16-20-9-11-29(6)25(19-10-12-37-15-19)40-23(35)14-31(16,29)41-27-24(38-17(2)32)26(39-18(3)33)28(4,5)21(30(20,27)7)13-22(34)36-8/h10,12,15,20-21,24-27H,1,9,11,13-14H2,2-8H3/t20?,21-,24-,25+,26+,27?,29+,30+,31?/m0/s1. The molecule has 3 heterocycles. The number of hydrogen-bond acceptors (Lipinski definition) is 10. The number of furan rings is 1. The molecule has 4 aliphatic rings. The van der Waals surface area contributed by atoms with Crippen LogP contribution in [-0.4, -0.2) is 54.9 Å². The summed E-state index contributed by atoms with van der Waals surface area (Å²) in [6, 6.07) is 1.78. The second kappa shape index (κ2) is 9.71. The Hall–Kier alpha value is -3.14. The molecule has 224 valence electrons. The van der Waals surface area contributed by atoms with Gasteiger partial charge < -0.3 is 28.1 Å². The smallest absolute Gasteiger partial charge is 0.309 e. The first-order valence-electron chi connectivity index (χ1n) is 14.1. The summed E-state index contributed by atoms with van der Waals surface area (Å²) in [5, 5.41) is 0. The van der Waals surface area contributed by atoms with Crippen LogP contribution in [0, 0.1) is 28.1 Å². The van der Waals surface area contributed by atoms with Gasteiger partial charge in [-0.15, -0.1) is 0 Å². The van der Waals surface area contributed by atoms with Gasteiger partial charge in [0.15, 0.2) is 6.10 Å². The maximum absolute atomic E-state index is 13.3. The SMILES string of the molecule is C=C1C2CC[C@]3(C)[C@@H](c4ccoc4)OC(=O)CC13OC1[C@@H](OC(C)=O)[C@@H](OC(C)=O)C(C)(C)[C@H](CC(=O)OC)[C@@]21C. The van der Waals surface area contributed by atoms with Crippen LogP contribution in [-0.2, 0) is 42.9 Å². The summed E-state index contributed by atoms with van der Waals surface area (Å²) in [7, 11) is 1.34. The number of carbonyl (C=O) groups is 4. The largest absolute Gasteiger partial charge is 0.472 e. The minimum atomic E-state index is -1.17. The fourth-order valence-electron chi connectivity index (χ4n) is 8.86. The van der Waals surface area contributed by atoms with Crippen molar-refractivity contribution in [3.63, 3.8) is 0 Å². The van der Waals surface area contributed by atoms with Crippen molar-refractivity contribution in [3.8, 4) is 0 Å². The lowest BCUT2D eigenvalue weighted by Gasteiger charge is -2.71. The average molecular weight is 573 g/mol. The molecule has 2 aliphatic heterocycles. The lowest BCUT2D eigenvalue weighted by Crippen LogP contribution is -2.77. The molecule has 9 atom stereocenters. The van der Waals surface area contributed by atoms with Crippen LogP contribution in [0.5, 0.6) is 0 Å². The number of rotatable bonds is 5. The van der Waals surface area contributed by atoms with Crippen molar-refractivity contribution in [2.24, 2.45) is 28.1 Å². The molecule has 2 bridgehead atoms. The van der Waals surface area contributed by atoms with Gasteiger partial charge >= 0.3 is 23.9 Å². The highest BCUT2D eigenvalue weighted by Crippen LogP contribution is 2.72. The van der Waals surface area contributed by atoms with E-state index in [9.17, 15) is 19.2 Å². The maximum atomic E-state index is 13.3. The summed E-state index contributed by atoms with van der Waals surface area (Å²) in [6.45, 7) is 15.1. The van der Waals surface area contributed by atoms with Gasteiger partial charge in [0.25, 0.3) is 0 Å². The van der Waals surface area contributed by atoms with Gasteiger partial charge in [-0.1, -0.05) is 34.3 Å². The zero-order chi connectivity index (χ0) is 30.1. The van der Waals surface area contributed by atoms with E-state index in [2.05, 4.69) is 6.58 Å². The van der Waals surface area contributed by atoms with Crippen LogP contribution in [0.1, 0.15) is 78.9 Å². The molecule has 1 aromatic rings. The summed E-state index contributed by atoms with van der Waals surface area (Å²) in [5.41, 5.74) is -2.08. The predicted molar refractivity (Wildman–Crippen MR) is 143 cm³/mol. The Bertz CT molecular complexity index is 1270. The second-order valence-electron chi connectivity index (χ2n) is 13.1. The van der Waals surface area contributed by atoms with E-state index in [1.807, 2.05) is 27.7 Å². The summed E-state index contributed by atoms with van der Waals surface area (Å²) in [4.78, 5) is 51.1. The van der Waals surface area contributed by atoms with Crippen molar-refractivity contribution in [1.82, 2.24) is 0 Å². The fraction of sp³-hybridized carbons (Fsp3) is 0.677. The number of methoxy groups -OCH3 is 1.